The van der Waals surface area contributed by atoms with Crippen molar-refractivity contribution in [1.29, 1.82) is 0 Å². The molecule has 0 fully saturated rings. The highest BCUT2D eigenvalue weighted by Gasteiger charge is 2.38. The van der Waals surface area contributed by atoms with Gasteiger partial charge in [-0.05, 0) is 175 Å². The number of aromatic nitrogens is 10. The molecular formula is C76H83Br3Cl2N14O8Si2. The molecule has 0 radical (unpaired) electrons. The molecule has 7 aromatic heterocycles. The van der Waals surface area contributed by atoms with Gasteiger partial charge in [-0.15, -0.1) is 15.3 Å². The quantitative estimate of drug-likeness (QED) is 0.0520. The molecule has 548 valence electrons. The SMILES string of the molecule is Brc1ccc2c(c1)C=CC2.CC(=O)NNC(=O)n1ccc2cc(Br)ccc21.Cc1nnc(-n2ccc3cc(Br)ccc32)o1.Cc1nnc(-n2ccc3cc(N(CCO[Si](C)(C)C(C)(C)C)C(=O)c4c(Cl)cccc4Cl)ccc32)o1.Cc1nnc(-n2ccc3cc(NCCO[Si](C)(C)C(C)(C)C)ccc32)o1. The number of carbonyl (C=O) groups excluding carboxylic acids is 3. The van der Waals surface area contributed by atoms with E-state index >= 15 is 0 Å². The van der Waals surface area contributed by atoms with Crippen molar-refractivity contribution in [3.63, 3.8) is 0 Å². The Morgan fingerprint density at radius 3 is 1.52 bits per heavy atom. The van der Waals surface area contributed by atoms with Crippen molar-refractivity contribution in [3.8, 4) is 18.0 Å². The molecule has 6 aromatic carbocycles. The molecule has 0 saturated heterocycles. The van der Waals surface area contributed by atoms with Crippen molar-refractivity contribution in [2.45, 2.75) is 112 Å². The molecule has 0 spiro atoms. The van der Waals surface area contributed by atoms with Crippen molar-refractivity contribution < 1.29 is 36.5 Å². The summed E-state index contributed by atoms with van der Waals surface area (Å²) in [4.78, 5) is 37.9. The molecule has 3 N–H and O–H groups in total. The first-order valence-electron chi connectivity index (χ1n) is 33.7. The van der Waals surface area contributed by atoms with Crippen molar-refractivity contribution in [3.05, 3.63) is 222 Å². The molecular weight excluding hydrogens is 1600 g/mol. The zero-order valence-corrected chi connectivity index (χ0v) is 69.0. The Bertz CT molecular complexity index is 5260. The fourth-order valence-electron chi connectivity index (χ4n) is 10.5. The summed E-state index contributed by atoms with van der Waals surface area (Å²) in [5.41, 5.74) is 13.1. The van der Waals surface area contributed by atoms with E-state index < -0.39 is 22.7 Å². The van der Waals surface area contributed by atoms with Crippen molar-refractivity contribution in [2.24, 2.45) is 0 Å². The van der Waals surface area contributed by atoms with E-state index in [1.807, 2.05) is 105 Å². The molecule has 1 aliphatic rings. The van der Waals surface area contributed by atoms with Crippen LogP contribution in [0.2, 0.25) is 46.3 Å². The normalized spacial score (nSPS) is 12.0. The Morgan fingerprint density at radius 1 is 0.552 bits per heavy atom. The first kappa shape index (κ1) is 78.8. The van der Waals surface area contributed by atoms with Gasteiger partial charge < -0.3 is 32.3 Å². The summed E-state index contributed by atoms with van der Waals surface area (Å²) in [7, 11) is -3.69. The van der Waals surface area contributed by atoms with Crippen LogP contribution in [0, 0.1) is 20.8 Å². The number of aryl methyl sites for hydroxylation is 3. The minimum absolute atomic E-state index is 0.0583. The number of nitrogens with zero attached hydrogens (tertiary/aromatic N) is 11. The lowest BCUT2D eigenvalue weighted by molar-refractivity contribution is -0.119. The van der Waals surface area contributed by atoms with Crippen LogP contribution in [0.5, 0.6) is 0 Å². The van der Waals surface area contributed by atoms with Gasteiger partial charge in [0.25, 0.3) is 5.91 Å². The average Bonchev–Trinajstić information content (AvgIpc) is 1.73. The number of allylic oxidation sites excluding steroid dienone is 1. The van der Waals surface area contributed by atoms with E-state index in [0.717, 1.165) is 82.3 Å². The molecule has 0 atom stereocenters. The minimum atomic E-state index is -2.00. The first-order valence-corrected chi connectivity index (χ1v) is 42.7. The predicted octanol–water partition coefficient (Wildman–Crippen LogP) is 20.2. The second-order valence-electron chi connectivity index (χ2n) is 27.7. The molecule has 0 unspecified atom stereocenters. The van der Waals surface area contributed by atoms with Crippen LogP contribution in [0.3, 0.4) is 0 Å². The highest BCUT2D eigenvalue weighted by atomic mass is 79.9. The van der Waals surface area contributed by atoms with E-state index in [1.165, 1.54) is 22.6 Å². The maximum absolute atomic E-state index is 13.8. The van der Waals surface area contributed by atoms with E-state index in [4.69, 9.17) is 45.3 Å². The van der Waals surface area contributed by atoms with Gasteiger partial charge in [0, 0.05) is 112 Å². The summed E-state index contributed by atoms with van der Waals surface area (Å²) in [6, 6.07) is 43.9. The summed E-state index contributed by atoms with van der Waals surface area (Å²) in [5, 5.41) is 32.3. The number of nitrogens with one attached hydrogen (secondary N) is 3. The smallest absolute Gasteiger partial charge is 0.344 e. The fourth-order valence-corrected chi connectivity index (χ4v) is 14.3. The van der Waals surface area contributed by atoms with Gasteiger partial charge in [0.15, 0.2) is 16.6 Å². The molecule has 0 aliphatic heterocycles. The molecule has 22 nitrogen and oxygen atoms in total. The fraction of sp³-hybridized carbons (Fsp3) is 0.276. The van der Waals surface area contributed by atoms with Crippen LogP contribution in [-0.4, -0.2) is 110 Å². The van der Waals surface area contributed by atoms with Crippen LogP contribution >= 0.6 is 71.0 Å². The Hall–Kier alpha value is -8.78. The lowest BCUT2D eigenvalue weighted by atomic mass is 10.1. The van der Waals surface area contributed by atoms with E-state index in [0.29, 0.717) is 64.6 Å². The zero-order valence-electron chi connectivity index (χ0n) is 60.8. The molecule has 105 heavy (non-hydrogen) atoms. The molecule has 0 saturated carbocycles. The van der Waals surface area contributed by atoms with Crippen LogP contribution in [0.25, 0.3) is 67.7 Å². The maximum Gasteiger partial charge on any atom is 0.344 e. The van der Waals surface area contributed by atoms with Gasteiger partial charge in [-0.1, -0.05) is 152 Å². The third-order valence-electron chi connectivity index (χ3n) is 18.2. The number of halogens is 5. The monoisotopic (exact) mass is 1680 g/mol. The molecule has 0 bridgehead atoms. The van der Waals surface area contributed by atoms with Gasteiger partial charge >= 0.3 is 24.1 Å². The maximum atomic E-state index is 13.8. The lowest BCUT2D eigenvalue weighted by Gasteiger charge is -2.37. The third kappa shape index (κ3) is 19.6. The first-order chi connectivity index (χ1) is 49.7. The Labute approximate surface area is 646 Å². The summed E-state index contributed by atoms with van der Waals surface area (Å²) in [6.07, 6.45) is 12.8. The van der Waals surface area contributed by atoms with Crippen LogP contribution in [-0.2, 0) is 20.1 Å². The van der Waals surface area contributed by atoms with E-state index in [9.17, 15) is 14.4 Å². The van der Waals surface area contributed by atoms with E-state index in [-0.39, 0.29) is 27.5 Å². The molecule has 7 heterocycles. The standard InChI is InChI=1S/C26H30Cl2N4O3Si.C19H28N4O2Si.C11H10BrN3O2.C11H8BrN3O.C9H7Br/c1-17-29-30-25(35-17)32-13-12-18-16-19(10-11-22(18)32)31(14-15-34-36(5,6)26(2,3)4)24(33)23-20(27)8-7-9-21(23)28;1-14-21-22-18(25-14)23-11-9-15-13-16(7-8-17(15)23)20-10-12-24-26(5,6)19(2,3)4;1-7(16)13-14-11(17)15-5-4-8-6-9(12)2-3-10(8)15;1-7-13-14-11(16-7)15-5-4-8-6-9(12)2-3-10(8)15;10-9-5-4-7-2-1-3-8(7)6-9/h7-13,16H,14-15H2,1-6H3;7-9,11,13,20H,10,12H2,1-6H3;2-6H,1H3,(H,13,16)(H,14,17);2-6H,1H3;1,3-6H,2H2. The van der Waals surface area contributed by atoms with Crippen LogP contribution in [0.1, 0.15) is 87.6 Å². The molecule has 29 heteroatoms. The van der Waals surface area contributed by atoms with Crippen molar-refractivity contribution >= 4 is 167 Å². The number of hydrogen-bond donors (Lipinski definition) is 3. The van der Waals surface area contributed by atoms with E-state index in [1.54, 1.807) is 50.1 Å². The minimum Gasteiger partial charge on any atom is -0.415 e. The highest BCUT2D eigenvalue weighted by molar-refractivity contribution is 9.11. The number of hydrogen-bond acceptors (Lipinski definition) is 15. The lowest BCUT2D eigenvalue weighted by Crippen LogP contribution is -2.43. The predicted molar refractivity (Wildman–Crippen MR) is 432 cm³/mol. The number of fused-ring (bicyclic) bond motifs is 5. The molecule has 13 aromatic rings. The second kappa shape index (κ2) is 33.8. The summed E-state index contributed by atoms with van der Waals surface area (Å²) < 4.78 is 39.3. The Balaban J connectivity index is 0.000000149. The van der Waals surface area contributed by atoms with Gasteiger partial charge in [-0.2, -0.15) is 0 Å². The molecule has 3 amide bonds. The average molecular weight is 1690 g/mol. The third-order valence-corrected chi connectivity index (χ3v) is 29.3. The number of anilines is 2. The van der Waals surface area contributed by atoms with Crippen LogP contribution in [0.4, 0.5) is 16.2 Å². The van der Waals surface area contributed by atoms with Gasteiger partial charge in [-0.3, -0.25) is 33.3 Å². The number of amides is 3. The van der Waals surface area contributed by atoms with Gasteiger partial charge in [-0.25, -0.2) is 10.2 Å². The summed E-state index contributed by atoms with van der Waals surface area (Å²) >= 11 is 23.0. The summed E-state index contributed by atoms with van der Waals surface area (Å²) in [5.74, 6) is 1.00. The number of carbonyl (C=O) groups is 3. The number of hydrazine groups is 1. The topological polar surface area (TPSA) is 245 Å². The van der Waals surface area contributed by atoms with Gasteiger partial charge in [0.2, 0.25) is 23.6 Å². The molecule has 14 rings (SSSR count). The molecule has 1 aliphatic carbocycles. The summed E-state index contributed by atoms with van der Waals surface area (Å²) in [6.45, 7) is 31.2. The Morgan fingerprint density at radius 2 is 1.01 bits per heavy atom. The largest absolute Gasteiger partial charge is 0.415 e. The zero-order chi connectivity index (χ0) is 75.7. The number of rotatable bonds is 14. The second-order valence-corrected chi connectivity index (χ2v) is 40.9. The van der Waals surface area contributed by atoms with Gasteiger partial charge in [0.1, 0.15) is 0 Å². The van der Waals surface area contributed by atoms with Crippen LogP contribution < -0.4 is 21.1 Å². The van der Waals surface area contributed by atoms with Crippen molar-refractivity contribution in [1.82, 2.24) is 59.7 Å². The van der Waals surface area contributed by atoms with Crippen molar-refractivity contribution in [2.75, 3.05) is 36.5 Å². The highest BCUT2D eigenvalue weighted by Crippen LogP contribution is 2.39. The number of benzene rings is 6. The van der Waals surface area contributed by atoms with Gasteiger partial charge in [0.05, 0.1) is 50.9 Å². The van der Waals surface area contributed by atoms with E-state index in [2.05, 4.69) is 217 Å². The van der Waals surface area contributed by atoms with Crippen LogP contribution in [0.15, 0.2) is 191 Å². The Kier molecular flexibility index (Phi) is 25.3.